The fourth-order valence-electron chi connectivity index (χ4n) is 4.11. The molecule has 0 amide bonds. The molecule has 0 saturated carbocycles. The highest BCUT2D eigenvalue weighted by molar-refractivity contribution is 6.31. The molecule has 182 valence electrons. The molecule has 2 aromatic heterocycles. The van der Waals surface area contributed by atoms with E-state index in [1.54, 1.807) is 6.92 Å². The Bertz CT molecular complexity index is 1410. The molecule has 0 radical (unpaired) electrons. The SMILES string of the molecule is CCOC(=O)Cn1nnnc1CN(Cc1ccccc1Cl)Cc1cc2cc(C)cc(C)c2[nH]c1=O. The Balaban J connectivity index is 1.66. The molecule has 0 bridgehead atoms. The second-order valence-corrected chi connectivity index (χ2v) is 8.87. The Morgan fingerprint density at radius 2 is 1.89 bits per heavy atom. The highest BCUT2D eigenvalue weighted by atomic mass is 35.5. The summed E-state index contributed by atoms with van der Waals surface area (Å²) in [4.78, 5) is 30.0. The standard InChI is InChI=1S/C25H27ClN6O3/c1-4-35-23(33)15-32-22(28-29-30-32)14-31(12-18-7-5-6-8-21(18)26)13-20-11-19-10-16(2)9-17(3)24(19)27-25(20)34/h5-11H,4,12-15H2,1-3H3,(H,27,34). The Labute approximate surface area is 207 Å². The molecule has 0 aliphatic carbocycles. The van der Waals surface area contributed by atoms with Gasteiger partial charge in [-0.25, -0.2) is 4.68 Å². The average Bonchev–Trinajstić information content (AvgIpc) is 3.22. The Hall–Kier alpha value is -3.56. The van der Waals surface area contributed by atoms with Gasteiger partial charge in [0, 0.05) is 23.7 Å². The van der Waals surface area contributed by atoms with E-state index < -0.39 is 5.97 Å². The lowest BCUT2D eigenvalue weighted by atomic mass is 10.0. The normalized spacial score (nSPS) is 11.3. The molecule has 35 heavy (non-hydrogen) atoms. The van der Waals surface area contributed by atoms with Crippen LogP contribution in [0.1, 0.15) is 35.0 Å². The maximum Gasteiger partial charge on any atom is 0.327 e. The first-order valence-electron chi connectivity index (χ1n) is 11.3. The number of benzene rings is 2. The van der Waals surface area contributed by atoms with Crippen molar-refractivity contribution >= 4 is 28.5 Å². The van der Waals surface area contributed by atoms with Gasteiger partial charge >= 0.3 is 5.97 Å². The molecule has 9 nitrogen and oxygen atoms in total. The molecule has 0 aliphatic heterocycles. The van der Waals surface area contributed by atoms with Gasteiger partial charge in [-0.05, 0) is 65.9 Å². The van der Waals surface area contributed by atoms with Gasteiger partial charge in [0.1, 0.15) is 6.54 Å². The number of nitrogens with one attached hydrogen (secondary N) is 1. The molecular formula is C25H27ClN6O3. The molecule has 2 heterocycles. The van der Waals surface area contributed by atoms with Gasteiger partial charge in [-0.3, -0.25) is 14.5 Å². The molecule has 1 N–H and O–H groups in total. The van der Waals surface area contributed by atoms with Crippen molar-refractivity contribution in [3.05, 3.63) is 85.9 Å². The van der Waals surface area contributed by atoms with Crippen LogP contribution in [0.5, 0.6) is 0 Å². The van der Waals surface area contributed by atoms with Gasteiger partial charge in [0.15, 0.2) is 5.82 Å². The number of aromatic nitrogens is 5. The van der Waals surface area contributed by atoms with E-state index in [1.165, 1.54) is 4.68 Å². The maximum atomic E-state index is 13.0. The minimum Gasteiger partial charge on any atom is -0.465 e. The van der Waals surface area contributed by atoms with Gasteiger partial charge in [0.05, 0.1) is 18.7 Å². The van der Waals surface area contributed by atoms with Crippen LogP contribution in [-0.4, -0.2) is 42.7 Å². The third-order valence-electron chi connectivity index (χ3n) is 5.67. The predicted octanol–water partition coefficient (Wildman–Crippen LogP) is 3.55. The molecule has 0 atom stereocenters. The largest absolute Gasteiger partial charge is 0.465 e. The zero-order valence-corrected chi connectivity index (χ0v) is 20.7. The van der Waals surface area contributed by atoms with Crippen molar-refractivity contribution in [2.45, 2.75) is 47.0 Å². The highest BCUT2D eigenvalue weighted by Gasteiger charge is 2.18. The van der Waals surface area contributed by atoms with Crippen LogP contribution in [0.3, 0.4) is 0 Å². The summed E-state index contributed by atoms with van der Waals surface area (Å²) in [6, 6.07) is 13.6. The summed E-state index contributed by atoms with van der Waals surface area (Å²) >= 11 is 6.43. The van der Waals surface area contributed by atoms with E-state index >= 15 is 0 Å². The lowest BCUT2D eigenvalue weighted by Crippen LogP contribution is -2.29. The molecule has 4 rings (SSSR count). The van der Waals surface area contributed by atoms with Gasteiger partial charge in [-0.1, -0.05) is 41.4 Å². The molecule has 0 unspecified atom stereocenters. The molecule has 4 aromatic rings. The predicted molar refractivity (Wildman–Crippen MR) is 133 cm³/mol. The van der Waals surface area contributed by atoms with Crippen LogP contribution >= 0.6 is 11.6 Å². The van der Waals surface area contributed by atoms with Gasteiger partial charge in [-0.2, -0.15) is 0 Å². The van der Waals surface area contributed by atoms with E-state index in [0.29, 0.717) is 36.0 Å². The van der Waals surface area contributed by atoms with Crippen LogP contribution < -0.4 is 5.56 Å². The van der Waals surface area contributed by atoms with E-state index in [1.807, 2.05) is 55.1 Å². The smallest absolute Gasteiger partial charge is 0.327 e. The number of esters is 1. The van der Waals surface area contributed by atoms with Crippen LogP contribution in [0.15, 0.2) is 47.3 Å². The minimum atomic E-state index is -0.421. The number of hydrogen-bond acceptors (Lipinski definition) is 7. The number of hydrogen-bond donors (Lipinski definition) is 1. The first kappa shape index (κ1) is 24.6. The fourth-order valence-corrected chi connectivity index (χ4v) is 4.31. The van der Waals surface area contributed by atoms with E-state index in [4.69, 9.17) is 16.3 Å². The summed E-state index contributed by atoms with van der Waals surface area (Å²) in [5.74, 6) is 0.0597. The topological polar surface area (TPSA) is 106 Å². The van der Waals surface area contributed by atoms with E-state index in [9.17, 15) is 9.59 Å². The van der Waals surface area contributed by atoms with Crippen LogP contribution in [-0.2, 0) is 35.7 Å². The highest BCUT2D eigenvalue weighted by Crippen LogP contribution is 2.21. The van der Waals surface area contributed by atoms with Crippen LogP contribution in [0, 0.1) is 13.8 Å². The van der Waals surface area contributed by atoms with Crippen LogP contribution in [0.2, 0.25) is 5.02 Å². The lowest BCUT2D eigenvalue weighted by molar-refractivity contribution is -0.144. The second-order valence-electron chi connectivity index (χ2n) is 8.46. The van der Waals surface area contributed by atoms with Crippen molar-refractivity contribution in [1.29, 1.82) is 0 Å². The fraction of sp³-hybridized carbons (Fsp3) is 0.320. The first-order valence-corrected chi connectivity index (χ1v) is 11.7. The quantitative estimate of drug-likeness (QED) is 0.354. The molecule has 0 spiro atoms. The number of ether oxygens (including phenoxy) is 1. The van der Waals surface area contributed by atoms with Crippen LogP contribution in [0.4, 0.5) is 0 Å². The van der Waals surface area contributed by atoms with Gasteiger partial charge in [0.25, 0.3) is 5.56 Å². The van der Waals surface area contributed by atoms with Gasteiger partial charge < -0.3 is 9.72 Å². The monoisotopic (exact) mass is 494 g/mol. The molecule has 10 heteroatoms. The second kappa shape index (κ2) is 10.8. The molecule has 0 aliphatic rings. The number of carbonyl (C=O) groups excluding carboxylic acids is 1. The lowest BCUT2D eigenvalue weighted by Gasteiger charge is -2.22. The Morgan fingerprint density at radius 1 is 1.11 bits per heavy atom. The van der Waals surface area contributed by atoms with E-state index in [2.05, 4.69) is 26.6 Å². The minimum absolute atomic E-state index is 0.0920. The average molecular weight is 495 g/mol. The number of rotatable bonds is 9. The van der Waals surface area contributed by atoms with Gasteiger partial charge in [0.2, 0.25) is 0 Å². The summed E-state index contributed by atoms with van der Waals surface area (Å²) in [5.41, 5.74) is 4.34. The van der Waals surface area contributed by atoms with Crippen molar-refractivity contribution in [2.75, 3.05) is 6.61 Å². The third kappa shape index (κ3) is 5.93. The Morgan fingerprint density at radius 3 is 2.66 bits per heavy atom. The number of pyridine rings is 1. The maximum absolute atomic E-state index is 13.0. The number of aryl methyl sites for hydroxylation is 2. The number of tetrazole rings is 1. The number of halogens is 1. The molecule has 0 saturated heterocycles. The summed E-state index contributed by atoms with van der Waals surface area (Å²) in [6.45, 7) is 7.02. The number of fused-ring (bicyclic) bond motifs is 1. The summed E-state index contributed by atoms with van der Waals surface area (Å²) in [5, 5.41) is 13.4. The van der Waals surface area contributed by atoms with E-state index in [0.717, 1.165) is 27.6 Å². The molecule has 0 fully saturated rings. The third-order valence-corrected chi connectivity index (χ3v) is 6.04. The van der Waals surface area contributed by atoms with Crippen LogP contribution in [0.25, 0.3) is 10.9 Å². The van der Waals surface area contributed by atoms with E-state index in [-0.39, 0.29) is 18.7 Å². The van der Waals surface area contributed by atoms with Gasteiger partial charge in [-0.15, -0.1) is 5.10 Å². The first-order chi connectivity index (χ1) is 16.8. The van der Waals surface area contributed by atoms with Crippen molar-refractivity contribution in [3.63, 3.8) is 0 Å². The summed E-state index contributed by atoms with van der Waals surface area (Å²) in [7, 11) is 0. The number of nitrogens with zero attached hydrogens (tertiary/aromatic N) is 5. The van der Waals surface area contributed by atoms with Crippen molar-refractivity contribution in [2.24, 2.45) is 0 Å². The number of aromatic amines is 1. The zero-order chi connectivity index (χ0) is 24.9. The molecular weight excluding hydrogens is 468 g/mol. The molecule has 2 aromatic carbocycles. The summed E-state index contributed by atoms with van der Waals surface area (Å²) in [6.07, 6.45) is 0. The van der Waals surface area contributed by atoms with Crippen molar-refractivity contribution < 1.29 is 9.53 Å². The number of carbonyl (C=O) groups is 1. The Kier molecular flexibility index (Phi) is 7.57. The number of H-pyrrole nitrogens is 1. The zero-order valence-electron chi connectivity index (χ0n) is 19.9. The summed E-state index contributed by atoms with van der Waals surface area (Å²) < 4.78 is 6.44. The van der Waals surface area contributed by atoms with Crippen molar-refractivity contribution in [1.82, 2.24) is 30.1 Å². The van der Waals surface area contributed by atoms with Crippen molar-refractivity contribution in [3.8, 4) is 0 Å².